The Morgan fingerprint density at radius 1 is 0.400 bits per heavy atom. The van der Waals surface area contributed by atoms with Gasteiger partial charge >= 0.3 is 0 Å². The van der Waals surface area contributed by atoms with Crippen LogP contribution in [0.25, 0.3) is 54.9 Å². The van der Waals surface area contributed by atoms with Crippen LogP contribution in [0.2, 0.25) is 0 Å². The number of benzene rings is 7. The lowest BCUT2D eigenvalue weighted by Crippen LogP contribution is -2.12. The van der Waals surface area contributed by atoms with Gasteiger partial charge in [-0.2, -0.15) is 0 Å². The van der Waals surface area contributed by atoms with Crippen LogP contribution in [0.4, 0.5) is 0 Å². The summed E-state index contributed by atoms with van der Waals surface area (Å²) >= 11 is 0. The Labute approximate surface area is 235 Å². The zero-order chi connectivity index (χ0) is 26.5. The van der Waals surface area contributed by atoms with E-state index in [1.54, 1.807) is 0 Å². The summed E-state index contributed by atoms with van der Waals surface area (Å²) in [5.41, 5.74) is 12.0. The van der Waals surface area contributed by atoms with Gasteiger partial charge in [0, 0.05) is 5.92 Å². The van der Waals surface area contributed by atoms with E-state index in [4.69, 9.17) is 0 Å². The molecule has 1 aliphatic carbocycles. The van der Waals surface area contributed by atoms with Gasteiger partial charge < -0.3 is 0 Å². The van der Waals surface area contributed by atoms with Crippen molar-refractivity contribution in [1.82, 2.24) is 0 Å². The molecule has 0 heteroatoms. The van der Waals surface area contributed by atoms with Gasteiger partial charge in [0.1, 0.15) is 0 Å². The van der Waals surface area contributed by atoms with Crippen LogP contribution >= 0.6 is 0 Å². The lowest BCUT2D eigenvalue weighted by molar-refractivity contribution is 0.794. The second-order valence-electron chi connectivity index (χ2n) is 10.9. The monoisotopic (exact) mass is 508 g/mol. The summed E-state index contributed by atoms with van der Waals surface area (Å²) in [6.45, 7) is 0. The summed E-state index contributed by atoms with van der Waals surface area (Å²) in [7, 11) is 0. The Bertz CT molecular complexity index is 2010. The van der Waals surface area contributed by atoms with Crippen molar-refractivity contribution < 1.29 is 0 Å². The van der Waals surface area contributed by atoms with Crippen molar-refractivity contribution in [3.05, 3.63) is 168 Å². The highest BCUT2D eigenvalue weighted by molar-refractivity contribution is 6.13. The summed E-state index contributed by atoms with van der Waals surface area (Å²) < 4.78 is 0. The van der Waals surface area contributed by atoms with Crippen LogP contribution in [0.1, 0.15) is 22.6 Å². The molecule has 1 unspecified atom stereocenters. The molecular weight excluding hydrogens is 480 g/mol. The molecule has 0 N–H and O–H groups in total. The van der Waals surface area contributed by atoms with Gasteiger partial charge in [-0.25, -0.2) is 0 Å². The summed E-state index contributed by atoms with van der Waals surface area (Å²) in [5, 5.41) is 5.19. The molecule has 0 heterocycles. The molecule has 0 amide bonds. The molecular formula is C40H28. The van der Waals surface area contributed by atoms with Crippen LogP contribution in [0, 0.1) is 0 Å². The number of hydrogen-bond acceptors (Lipinski definition) is 0. The van der Waals surface area contributed by atoms with Crippen LogP contribution < -0.4 is 0 Å². The predicted octanol–water partition coefficient (Wildman–Crippen LogP) is 10.7. The van der Waals surface area contributed by atoms with E-state index in [0.29, 0.717) is 5.92 Å². The quantitative estimate of drug-likeness (QED) is 0.208. The third kappa shape index (κ3) is 3.76. The molecule has 188 valence electrons. The van der Waals surface area contributed by atoms with Crippen molar-refractivity contribution in [3.63, 3.8) is 0 Å². The van der Waals surface area contributed by atoms with Crippen LogP contribution in [-0.4, -0.2) is 0 Å². The lowest BCUT2D eigenvalue weighted by Gasteiger charge is -2.28. The van der Waals surface area contributed by atoms with Gasteiger partial charge in [-0.05, 0) is 84.1 Å². The fourth-order valence-electron chi connectivity index (χ4n) is 6.68. The van der Waals surface area contributed by atoms with Gasteiger partial charge in [0.05, 0.1) is 0 Å². The molecule has 0 fully saturated rings. The minimum atomic E-state index is 0.378. The minimum Gasteiger partial charge on any atom is -0.0620 e. The molecule has 0 spiro atoms. The fraction of sp³-hybridized carbons (Fsp3) is 0.0500. The van der Waals surface area contributed by atoms with Crippen LogP contribution in [0.5, 0.6) is 0 Å². The first kappa shape index (κ1) is 23.0. The molecule has 0 aromatic heterocycles. The average Bonchev–Trinajstić information content (AvgIpc) is 3.04. The normalized spacial score (nSPS) is 14.2. The largest absolute Gasteiger partial charge is 0.0620 e. The molecule has 0 bridgehead atoms. The minimum absolute atomic E-state index is 0.378. The number of rotatable bonds is 3. The van der Waals surface area contributed by atoms with Crippen molar-refractivity contribution in [2.24, 2.45) is 0 Å². The lowest BCUT2D eigenvalue weighted by atomic mass is 9.75. The molecule has 8 rings (SSSR count). The van der Waals surface area contributed by atoms with E-state index in [9.17, 15) is 0 Å². The Balaban J connectivity index is 1.13. The molecule has 7 aromatic rings. The van der Waals surface area contributed by atoms with Gasteiger partial charge in [-0.3, -0.25) is 0 Å². The predicted molar refractivity (Wildman–Crippen MR) is 170 cm³/mol. The van der Waals surface area contributed by atoms with E-state index in [2.05, 4.69) is 152 Å². The average molecular weight is 509 g/mol. The smallest absolute Gasteiger partial charge is 0.0136 e. The number of hydrogen-bond donors (Lipinski definition) is 0. The first-order valence-electron chi connectivity index (χ1n) is 14.1. The summed E-state index contributed by atoms with van der Waals surface area (Å²) in [4.78, 5) is 0. The van der Waals surface area contributed by atoms with Crippen molar-refractivity contribution >= 4 is 21.5 Å². The molecule has 0 nitrogen and oxygen atoms in total. The summed E-state index contributed by atoms with van der Waals surface area (Å²) in [6, 6.07) is 55.9. The molecule has 40 heavy (non-hydrogen) atoms. The van der Waals surface area contributed by atoms with E-state index in [0.717, 1.165) is 6.42 Å². The topological polar surface area (TPSA) is 0 Å². The summed E-state index contributed by atoms with van der Waals surface area (Å²) in [5.74, 6) is 0.378. The third-order valence-electron chi connectivity index (χ3n) is 8.68. The van der Waals surface area contributed by atoms with Crippen molar-refractivity contribution in [2.75, 3.05) is 0 Å². The Kier molecular flexibility index (Phi) is 5.38. The molecule has 1 aliphatic rings. The van der Waals surface area contributed by atoms with Crippen LogP contribution in [0.15, 0.2) is 152 Å². The van der Waals surface area contributed by atoms with Crippen LogP contribution in [0.3, 0.4) is 0 Å². The Morgan fingerprint density at radius 3 is 1.77 bits per heavy atom. The maximum absolute atomic E-state index is 2.33. The SMILES string of the molecule is c1ccc2c(c1)CC(c1ccc(-c3ccc(-c4cc5ccccc5c5ccccc45)cc3)cc1)c1ccccc1-2. The standard InChI is InChI=1S/C40H28/c1-3-11-33-31(9-1)25-39(37-15-7-5-13-35(33)37)29-21-17-27(18-22-29)28-19-23-30(24-20-28)40-26-32-10-2-4-12-34(32)36-14-6-8-16-38(36)40/h1-25,40H,26H2. The van der Waals surface area contributed by atoms with Gasteiger partial charge in [0.2, 0.25) is 0 Å². The van der Waals surface area contributed by atoms with E-state index in [-0.39, 0.29) is 0 Å². The Morgan fingerprint density at radius 2 is 0.975 bits per heavy atom. The van der Waals surface area contributed by atoms with Crippen molar-refractivity contribution in [2.45, 2.75) is 12.3 Å². The number of fused-ring (bicyclic) bond motifs is 6. The third-order valence-corrected chi connectivity index (χ3v) is 8.68. The highest BCUT2D eigenvalue weighted by atomic mass is 14.3. The van der Waals surface area contributed by atoms with Gasteiger partial charge in [-0.15, -0.1) is 0 Å². The first-order chi connectivity index (χ1) is 19.8. The van der Waals surface area contributed by atoms with Gasteiger partial charge in [0.15, 0.2) is 0 Å². The highest BCUT2D eigenvalue weighted by Gasteiger charge is 2.25. The maximum atomic E-state index is 2.33. The maximum Gasteiger partial charge on any atom is 0.0136 e. The fourth-order valence-corrected chi connectivity index (χ4v) is 6.68. The molecule has 7 aromatic carbocycles. The van der Waals surface area contributed by atoms with E-state index in [1.807, 2.05) is 0 Å². The van der Waals surface area contributed by atoms with Crippen molar-refractivity contribution in [3.8, 4) is 33.4 Å². The second kappa shape index (κ2) is 9.36. The van der Waals surface area contributed by atoms with Gasteiger partial charge in [0.25, 0.3) is 0 Å². The highest BCUT2D eigenvalue weighted by Crippen LogP contribution is 2.43. The second-order valence-corrected chi connectivity index (χ2v) is 10.9. The summed E-state index contributed by atoms with van der Waals surface area (Å²) in [6.07, 6.45) is 1.04. The molecule has 0 saturated carbocycles. The van der Waals surface area contributed by atoms with E-state index < -0.39 is 0 Å². The Hall–Kier alpha value is -4.94. The van der Waals surface area contributed by atoms with Gasteiger partial charge in [-0.1, -0.05) is 146 Å². The molecule has 0 radical (unpaired) electrons. The van der Waals surface area contributed by atoms with E-state index >= 15 is 0 Å². The van der Waals surface area contributed by atoms with Crippen molar-refractivity contribution in [1.29, 1.82) is 0 Å². The first-order valence-corrected chi connectivity index (χ1v) is 14.1. The zero-order valence-electron chi connectivity index (χ0n) is 22.2. The van der Waals surface area contributed by atoms with Crippen LogP contribution in [-0.2, 0) is 6.42 Å². The zero-order valence-corrected chi connectivity index (χ0v) is 22.2. The molecule has 0 saturated heterocycles. The van der Waals surface area contributed by atoms with E-state index in [1.165, 1.54) is 71.6 Å². The molecule has 1 atom stereocenters. The molecule has 0 aliphatic heterocycles.